The van der Waals surface area contributed by atoms with Crippen molar-refractivity contribution in [3.05, 3.63) is 66.0 Å². The van der Waals surface area contributed by atoms with Gasteiger partial charge in [0, 0.05) is 17.1 Å². The van der Waals surface area contributed by atoms with E-state index in [-0.39, 0.29) is 0 Å². The summed E-state index contributed by atoms with van der Waals surface area (Å²) in [4.78, 5) is 7.90. The van der Waals surface area contributed by atoms with Gasteiger partial charge in [-0.05, 0) is 42.5 Å². The van der Waals surface area contributed by atoms with Gasteiger partial charge in [-0.15, -0.1) is 16.8 Å². The van der Waals surface area contributed by atoms with Gasteiger partial charge in [0.15, 0.2) is 11.0 Å². The van der Waals surface area contributed by atoms with E-state index in [1.165, 1.54) is 0 Å². The van der Waals surface area contributed by atoms with Crippen molar-refractivity contribution in [2.24, 2.45) is 0 Å². The Morgan fingerprint density at radius 3 is 2.79 bits per heavy atom. The molecule has 142 valence electrons. The number of H-pyrrole nitrogens is 1. The number of methoxy groups -OCH3 is 1. The number of thioether (sulfide) groups is 1. The molecule has 0 fully saturated rings. The van der Waals surface area contributed by atoms with E-state index < -0.39 is 0 Å². The average Bonchev–Trinajstić information content (AvgIpc) is 3.30. The van der Waals surface area contributed by atoms with Crippen LogP contribution in [0.5, 0.6) is 5.75 Å². The fraction of sp³-hybridized carbons (Fsp3) is 0.150. The highest BCUT2D eigenvalue weighted by Crippen LogP contribution is 2.28. The molecule has 0 unspecified atom stereocenters. The van der Waals surface area contributed by atoms with Crippen LogP contribution in [0, 0.1) is 0 Å². The molecule has 0 bridgehead atoms. The fourth-order valence-electron chi connectivity index (χ4n) is 2.88. The number of hydrogen-bond donors (Lipinski definition) is 1. The summed E-state index contributed by atoms with van der Waals surface area (Å²) in [5, 5.41) is 10.2. The summed E-state index contributed by atoms with van der Waals surface area (Å²) in [5.74, 6) is 3.10. The highest BCUT2D eigenvalue weighted by atomic mass is 35.5. The Kier molecular flexibility index (Phi) is 5.36. The lowest BCUT2D eigenvalue weighted by molar-refractivity contribution is 0.415. The molecular weight excluding hydrogens is 394 g/mol. The van der Waals surface area contributed by atoms with E-state index in [0.717, 1.165) is 39.2 Å². The first kappa shape index (κ1) is 18.6. The zero-order chi connectivity index (χ0) is 19.5. The molecule has 8 heteroatoms. The Labute approximate surface area is 171 Å². The van der Waals surface area contributed by atoms with Crippen LogP contribution < -0.4 is 4.74 Å². The molecule has 0 amide bonds. The number of aromatic amines is 1. The van der Waals surface area contributed by atoms with Gasteiger partial charge in [-0.1, -0.05) is 29.4 Å². The number of benzene rings is 2. The molecule has 2 heterocycles. The number of allylic oxidation sites excluding steroid dienone is 1. The number of nitrogens with one attached hydrogen (secondary N) is 1. The molecule has 0 aliphatic rings. The minimum absolute atomic E-state index is 0.617. The molecular formula is C20H18ClN5OS. The number of hydrogen-bond acceptors (Lipinski definition) is 5. The molecule has 2 aromatic heterocycles. The smallest absolute Gasteiger partial charge is 0.192 e. The summed E-state index contributed by atoms with van der Waals surface area (Å²) < 4.78 is 7.27. The normalized spacial score (nSPS) is 11.1. The third-order valence-corrected chi connectivity index (χ3v) is 5.42. The maximum absolute atomic E-state index is 6.04. The average molecular weight is 412 g/mol. The number of halogens is 1. The number of nitrogens with zero attached hydrogens (tertiary/aromatic N) is 4. The second-order valence-corrected chi connectivity index (χ2v) is 7.45. The minimum atomic E-state index is 0.617. The van der Waals surface area contributed by atoms with Crippen molar-refractivity contribution < 1.29 is 4.74 Å². The molecule has 4 rings (SSSR count). The summed E-state index contributed by atoms with van der Waals surface area (Å²) >= 11 is 7.62. The molecule has 28 heavy (non-hydrogen) atoms. The summed E-state index contributed by atoms with van der Waals surface area (Å²) in [6, 6.07) is 13.4. The number of ether oxygens (including phenoxy) is 1. The minimum Gasteiger partial charge on any atom is -0.497 e. The molecule has 1 N–H and O–H groups in total. The first-order chi connectivity index (χ1) is 13.7. The van der Waals surface area contributed by atoms with Gasteiger partial charge < -0.3 is 9.72 Å². The van der Waals surface area contributed by atoms with Crippen LogP contribution in [0.2, 0.25) is 5.02 Å². The molecule has 6 nitrogen and oxygen atoms in total. The topological polar surface area (TPSA) is 68.6 Å². The van der Waals surface area contributed by atoms with E-state index in [9.17, 15) is 0 Å². The van der Waals surface area contributed by atoms with Crippen LogP contribution in [-0.2, 0) is 12.3 Å². The van der Waals surface area contributed by atoms with Crippen LogP contribution in [0.15, 0.2) is 60.3 Å². The van der Waals surface area contributed by atoms with Gasteiger partial charge >= 0.3 is 0 Å². The first-order valence-corrected chi connectivity index (χ1v) is 10.00. The molecule has 2 aromatic carbocycles. The van der Waals surface area contributed by atoms with Crippen LogP contribution in [0.3, 0.4) is 0 Å². The Morgan fingerprint density at radius 1 is 1.21 bits per heavy atom. The predicted octanol–water partition coefficient (Wildman–Crippen LogP) is 4.96. The fourth-order valence-corrected chi connectivity index (χ4v) is 3.87. The van der Waals surface area contributed by atoms with Crippen LogP contribution in [0.25, 0.3) is 22.4 Å². The van der Waals surface area contributed by atoms with E-state index in [0.29, 0.717) is 17.3 Å². The molecule has 0 saturated heterocycles. The van der Waals surface area contributed by atoms with Crippen molar-refractivity contribution in [1.82, 2.24) is 24.7 Å². The monoisotopic (exact) mass is 411 g/mol. The molecule has 0 atom stereocenters. The first-order valence-electron chi connectivity index (χ1n) is 8.63. The van der Waals surface area contributed by atoms with Gasteiger partial charge in [0.1, 0.15) is 11.6 Å². The van der Waals surface area contributed by atoms with Gasteiger partial charge in [0.05, 0.1) is 23.9 Å². The van der Waals surface area contributed by atoms with Gasteiger partial charge in [-0.2, -0.15) is 0 Å². The molecule has 4 aromatic rings. The SMILES string of the molecule is C=CCn1c(SCc2nc3ccc(Cl)cc3[nH]2)nnc1-c1ccc(OC)cc1. The number of aromatic nitrogens is 5. The molecule has 0 spiro atoms. The molecule has 0 radical (unpaired) electrons. The summed E-state index contributed by atoms with van der Waals surface area (Å²) in [5.41, 5.74) is 2.79. The third-order valence-electron chi connectivity index (χ3n) is 4.21. The van der Waals surface area contributed by atoms with E-state index in [2.05, 4.69) is 26.7 Å². The van der Waals surface area contributed by atoms with Crippen LogP contribution in [-0.4, -0.2) is 31.8 Å². The largest absolute Gasteiger partial charge is 0.497 e. The predicted molar refractivity (Wildman–Crippen MR) is 113 cm³/mol. The summed E-state index contributed by atoms with van der Waals surface area (Å²) in [6.07, 6.45) is 1.84. The number of rotatable bonds is 7. The van der Waals surface area contributed by atoms with Crippen molar-refractivity contribution >= 4 is 34.4 Å². The zero-order valence-electron chi connectivity index (χ0n) is 15.2. The Hall–Kier alpha value is -2.77. The highest BCUT2D eigenvalue weighted by molar-refractivity contribution is 7.98. The van der Waals surface area contributed by atoms with E-state index in [1.54, 1.807) is 18.9 Å². The van der Waals surface area contributed by atoms with Crippen molar-refractivity contribution in [3.8, 4) is 17.1 Å². The van der Waals surface area contributed by atoms with Gasteiger partial charge in [0.25, 0.3) is 0 Å². The quantitative estimate of drug-likeness (QED) is 0.344. The van der Waals surface area contributed by atoms with Gasteiger partial charge in [0.2, 0.25) is 0 Å². The van der Waals surface area contributed by atoms with Crippen LogP contribution >= 0.6 is 23.4 Å². The van der Waals surface area contributed by atoms with Crippen LogP contribution in [0.4, 0.5) is 0 Å². The lowest BCUT2D eigenvalue weighted by Gasteiger charge is -2.08. The summed E-state index contributed by atoms with van der Waals surface area (Å²) in [6.45, 7) is 4.48. The third kappa shape index (κ3) is 3.76. The maximum atomic E-state index is 6.04. The van der Waals surface area contributed by atoms with Crippen molar-refractivity contribution in [2.75, 3.05) is 7.11 Å². The Morgan fingerprint density at radius 2 is 2.04 bits per heavy atom. The lowest BCUT2D eigenvalue weighted by atomic mass is 10.2. The van der Waals surface area contributed by atoms with Gasteiger partial charge in [-0.25, -0.2) is 4.98 Å². The maximum Gasteiger partial charge on any atom is 0.192 e. The second kappa shape index (κ2) is 8.08. The lowest BCUT2D eigenvalue weighted by Crippen LogP contribution is -2.01. The number of imidazole rings is 1. The second-order valence-electron chi connectivity index (χ2n) is 6.07. The van der Waals surface area contributed by atoms with Crippen molar-refractivity contribution in [2.45, 2.75) is 17.5 Å². The van der Waals surface area contributed by atoms with Crippen LogP contribution in [0.1, 0.15) is 5.82 Å². The molecule has 0 aliphatic carbocycles. The van der Waals surface area contributed by atoms with E-state index in [4.69, 9.17) is 16.3 Å². The zero-order valence-corrected chi connectivity index (χ0v) is 16.8. The van der Waals surface area contributed by atoms with Crippen molar-refractivity contribution in [1.29, 1.82) is 0 Å². The Balaban J connectivity index is 1.58. The highest BCUT2D eigenvalue weighted by Gasteiger charge is 2.14. The van der Waals surface area contributed by atoms with E-state index >= 15 is 0 Å². The van der Waals surface area contributed by atoms with Crippen molar-refractivity contribution in [3.63, 3.8) is 0 Å². The summed E-state index contributed by atoms with van der Waals surface area (Å²) in [7, 11) is 1.65. The van der Waals surface area contributed by atoms with E-state index in [1.807, 2.05) is 53.1 Å². The Bertz CT molecular complexity index is 1120. The standard InChI is InChI=1S/C20H18ClN5OS/c1-3-10-26-19(13-4-7-15(27-2)8-5-13)24-25-20(26)28-12-18-22-16-9-6-14(21)11-17(16)23-18/h3-9,11H,1,10,12H2,2H3,(H,22,23). The number of fused-ring (bicyclic) bond motifs is 1. The van der Waals surface area contributed by atoms with Gasteiger partial charge in [-0.3, -0.25) is 4.57 Å². The molecule has 0 aliphatic heterocycles. The molecule has 0 saturated carbocycles.